The Morgan fingerprint density at radius 1 is 1.33 bits per heavy atom. The van der Waals surface area contributed by atoms with E-state index in [2.05, 4.69) is 48.8 Å². The standard InChI is InChI=1S/C15H19NOS/c1-4-16-15(14-6-5-9-18-14)12-10-11(2)7-8-13(12)17-3/h5-10,15-16H,4H2,1-3H3. The van der Waals surface area contributed by atoms with Crippen molar-refractivity contribution in [1.82, 2.24) is 5.32 Å². The Balaban J connectivity index is 2.45. The van der Waals surface area contributed by atoms with Gasteiger partial charge in [-0.05, 0) is 31.0 Å². The molecule has 0 saturated heterocycles. The van der Waals surface area contributed by atoms with Gasteiger partial charge in [-0.1, -0.05) is 30.7 Å². The molecule has 1 aromatic carbocycles. The fourth-order valence-corrected chi connectivity index (χ4v) is 2.92. The number of hydrogen-bond acceptors (Lipinski definition) is 3. The van der Waals surface area contributed by atoms with Crippen molar-refractivity contribution in [3.05, 3.63) is 51.7 Å². The largest absolute Gasteiger partial charge is 0.496 e. The van der Waals surface area contributed by atoms with E-state index in [4.69, 9.17) is 4.74 Å². The highest BCUT2D eigenvalue weighted by Gasteiger charge is 2.18. The quantitative estimate of drug-likeness (QED) is 0.884. The van der Waals surface area contributed by atoms with E-state index in [-0.39, 0.29) is 6.04 Å². The summed E-state index contributed by atoms with van der Waals surface area (Å²) in [4.78, 5) is 1.32. The first-order chi connectivity index (χ1) is 8.76. The molecule has 2 nitrogen and oxygen atoms in total. The molecule has 0 aliphatic rings. The van der Waals surface area contributed by atoms with Crippen molar-refractivity contribution in [2.24, 2.45) is 0 Å². The summed E-state index contributed by atoms with van der Waals surface area (Å²) < 4.78 is 5.49. The van der Waals surface area contributed by atoms with Crippen molar-refractivity contribution in [2.75, 3.05) is 13.7 Å². The number of thiophene rings is 1. The van der Waals surface area contributed by atoms with Gasteiger partial charge in [0.05, 0.1) is 13.2 Å². The van der Waals surface area contributed by atoms with Crippen LogP contribution in [0.15, 0.2) is 35.7 Å². The van der Waals surface area contributed by atoms with Gasteiger partial charge < -0.3 is 10.1 Å². The van der Waals surface area contributed by atoms with Gasteiger partial charge >= 0.3 is 0 Å². The molecule has 3 heteroatoms. The van der Waals surface area contributed by atoms with E-state index < -0.39 is 0 Å². The zero-order valence-electron chi connectivity index (χ0n) is 11.1. The van der Waals surface area contributed by atoms with E-state index in [9.17, 15) is 0 Å². The van der Waals surface area contributed by atoms with Gasteiger partial charge in [0.15, 0.2) is 0 Å². The van der Waals surface area contributed by atoms with Crippen molar-refractivity contribution in [2.45, 2.75) is 19.9 Å². The zero-order valence-corrected chi connectivity index (χ0v) is 11.9. The van der Waals surface area contributed by atoms with Gasteiger partial charge in [0.2, 0.25) is 0 Å². The van der Waals surface area contributed by atoms with E-state index >= 15 is 0 Å². The second-order valence-corrected chi connectivity index (χ2v) is 5.23. The number of rotatable bonds is 5. The van der Waals surface area contributed by atoms with Crippen molar-refractivity contribution < 1.29 is 4.74 Å². The number of aryl methyl sites for hydroxylation is 1. The third-order valence-corrected chi connectivity index (χ3v) is 3.87. The molecule has 0 aliphatic carbocycles. The first-order valence-electron chi connectivity index (χ1n) is 6.17. The maximum absolute atomic E-state index is 5.49. The van der Waals surface area contributed by atoms with Crippen molar-refractivity contribution in [1.29, 1.82) is 0 Å². The number of nitrogens with one attached hydrogen (secondary N) is 1. The fourth-order valence-electron chi connectivity index (χ4n) is 2.10. The van der Waals surface area contributed by atoms with E-state index in [1.54, 1.807) is 18.4 Å². The van der Waals surface area contributed by atoms with Crippen molar-refractivity contribution in [3.8, 4) is 5.75 Å². The number of hydrogen-bond donors (Lipinski definition) is 1. The molecule has 1 atom stereocenters. The SMILES string of the molecule is CCNC(c1cccs1)c1cc(C)ccc1OC. The van der Waals surface area contributed by atoms with Crippen LogP contribution in [0, 0.1) is 6.92 Å². The Labute approximate surface area is 113 Å². The third kappa shape index (κ3) is 2.74. The Morgan fingerprint density at radius 3 is 2.78 bits per heavy atom. The van der Waals surface area contributed by atoms with E-state index in [1.807, 2.05) is 6.07 Å². The fraction of sp³-hybridized carbons (Fsp3) is 0.333. The molecule has 0 saturated carbocycles. The smallest absolute Gasteiger partial charge is 0.124 e. The highest BCUT2D eigenvalue weighted by molar-refractivity contribution is 7.10. The summed E-state index contributed by atoms with van der Waals surface area (Å²) in [5.41, 5.74) is 2.46. The summed E-state index contributed by atoms with van der Waals surface area (Å²) in [5.74, 6) is 0.944. The molecule has 0 bridgehead atoms. The second-order valence-electron chi connectivity index (χ2n) is 4.25. The Hall–Kier alpha value is -1.32. The summed E-state index contributed by atoms with van der Waals surface area (Å²) >= 11 is 1.77. The second kappa shape index (κ2) is 6.03. The normalized spacial score (nSPS) is 12.4. The van der Waals surface area contributed by atoms with E-state index in [0.717, 1.165) is 12.3 Å². The zero-order chi connectivity index (χ0) is 13.0. The lowest BCUT2D eigenvalue weighted by Gasteiger charge is -2.20. The topological polar surface area (TPSA) is 21.3 Å². The average Bonchev–Trinajstić information content (AvgIpc) is 2.89. The molecule has 1 heterocycles. The van der Waals surface area contributed by atoms with E-state index in [0.29, 0.717) is 0 Å². The Bertz CT molecular complexity index is 493. The number of benzene rings is 1. The molecule has 2 aromatic rings. The van der Waals surface area contributed by atoms with Crippen LogP contribution in [0.4, 0.5) is 0 Å². The molecule has 0 aliphatic heterocycles. The monoisotopic (exact) mass is 261 g/mol. The van der Waals surface area contributed by atoms with Gasteiger partial charge in [0.25, 0.3) is 0 Å². The van der Waals surface area contributed by atoms with Gasteiger partial charge in [-0.3, -0.25) is 0 Å². The lowest BCUT2D eigenvalue weighted by Crippen LogP contribution is -2.21. The van der Waals surface area contributed by atoms with Crippen LogP contribution in [-0.4, -0.2) is 13.7 Å². The van der Waals surface area contributed by atoms with Crippen LogP contribution < -0.4 is 10.1 Å². The molecular formula is C15H19NOS. The van der Waals surface area contributed by atoms with Gasteiger partial charge in [0, 0.05) is 10.4 Å². The van der Waals surface area contributed by atoms with Crippen molar-refractivity contribution >= 4 is 11.3 Å². The summed E-state index contributed by atoms with van der Waals surface area (Å²) in [7, 11) is 1.73. The van der Waals surface area contributed by atoms with Crippen LogP contribution in [-0.2, 0) is 0 Å². The molecule has 0 spiro atoms. The molecule has 1 N–H and O–H groups in total. The molecule has 96 valence electrons. The molecule has 0 amide bonds. The van der Waals surface area contributed by atoms with Crippen molar-refractivity contribution in [3.63, 3.8) is 0 Å². The highest BCUT2D eigenvalue weighted by atomic mass is 32.1. The molecule has 2 rings (SSSR count). The summed E-state index contributed by atoms with van der Waals surface area (Å²) in [6.07, 6.45) is 0. The number of methoxy groups -OCH3 is 1. The first kappa shape index (κ1) is 13.1. The van der Waals surface area contributed by atoms with Gasteiger partial charge in [-0.25, -0.2) is 0 Å². The summed E-state index contributed by atoms with van der Waals surface area (Å²) in [6.45, 7) is 5.17. The molecule has 1 unspecified atom stereocenters. The van der Waals surface area contributed by atoms with Crippen LogP contribution in [0.25, 0.3) is 0 Å². The predicted octanol–water partition coefficient (Wildman–Crippen LogP) is 3.76. The third-order valence-electron chi connectivity index (χ3n) is 2.93. The summed E-state index contributed by atoms with van der Waals surface area (Å²) in [6, 6.07) is 10.8. The minimum absolute atomic E-state index is 0.213. The highest BCUT2D eigenvalue weighted by Crippen LogP contribution is 2.32. The summed E-state index contributed by atoms with van der Waals surface area (Å²) in [5, 5.41) is 5.65. The maximum atomic E-state index is 5.49. The predicted molar refractivity (Wildman–Crippen MR) is 77.6 cm³/mol. The van der Waals surface area contributed by atoms with Crippen LogP contribution >= 0.6 is 11.3 Å². The Morgan fingerprint density at radius 2 is 2.17 bits per heavy atom. The van der Waals surface area contributed by atoms with Crippen LogP contribution in [0.1, 0.15) is 29.0 Å². The average molecular weight is 261 g/mol. The minimum Gasteiger partial charge on any atom is -0.496 e. The van der Waals surface area contributed by atoms with Crippen LogP contribution in [0.5, 0.6) is 5.75 Å². The maximum Gasteiger partial charge on any atom is 0.124 e. The van der Waals surface area contributed by atoms with E-state index in [1.165, 1.54) is 16.0 Å². The molecular weight excluding hydrogens is 242 g/mol. The van der Waals surface area contributed by atoms with Gasteiger partial charge in [-0.15, -0.1) is 11.3 Å². The number of ether oxygens (including phenoxy) is 1. The first-order valence-corrected chi connectivity index (χ1v) is 7.05. The Kier molecular flexibility index (Phi) is 4.39. The van der Waals surface area contributed by atoms with Gasteiger partial charge in [-0.2, -0.15) is 0 Å². The lowest BCUT2D eigenvalue weighted by molar-refractivity contribution is 0.404. The molecule has 18 heavy (non-hydrogen) atoms. The molecule has 0 radical (unpaired) electrons. The van der Waals surface area contributed by atoms with Gasteiger partial charge in [0.1, 0.15) is 5.75 Å². The van der Waals surface area contributed by atoms with Crippen LogP contribution in [0.2, 0.25) is 0 Å². The van der Waals surface area contributed by atoms with Crippen LogP contribution in [0.3, 0.4) is 0 Å². The molecule has 0 fully saturated rings. The minimum atomic E-state index is 0.213. The lowest BCUT2D eigenvalue weighted by atomic mass is 10.0. The molecule has 1 aromatic heterocycles.